The molecule has 1 aromatic heterocycles. The predicted octanol–water partition coefficient (Wildman–Crippen LogP) is 3.58. The van der Waals surface area contributed by atoms with Gasteiger partial charge in [-0.05, 0) is 30.0 Å². The van der Waals surface area contributed by atoms with Crippen molar-refractivity contribution in [1.82, 2.24) is 15.2 Å². The monoisotopic (exact) mass is 329 g/mol. The van der Waals surface area contributed by atoms with Crippen LogP contribution in [0.5, 0.6) is 0 Å². The van der Waals surface area contributed by atoms with Crippen molar-refractivity contribution < 1.29 is 13.9 Å². The van der Waals surface area contributed by atoms with E-state index in [1.165, 1.54) is 6.33 Å². The molecule has 1 heterocycles. The van der Waals surface area contributed by atoms with Gasteiger partial charge in [-0.3, -0.25) is 5.10 Å². The molecule has 22 heavy (non-hydrogen) atoms. The first-order valence-electron chi connectivity index (χ1n) is 6.91. The summed E-state index contributed by atoms with van der Waals surface area (Å²) < 4.78 is 27.9. The molecule has 0 saturated carbocycles. The minimum absolute atomic E-state index is 0.112. The van der Waals surface area contributed by atoms with E-state index in [2.05, 4.69) is 15.2 Å². The molecule has 2 aromatic rings. The molecule has 0 aliphatic rings. The van der Waals surface area contributed by atoms with Gasteiger partial charge in [0.15, 0.2) is 0 Å². The molecule has 1 aromatic carbocycles. The summed E-state index contributed by atoms with van der Waals surface area (Å²) in [4.78, 5) is 3.83. The SMILES string of the molecule is CC(CC(O)(Cc1ncn[nH]1)C(C)(F)F)c1ccc(Cl)cc1. The number of benzene rings is 1. The summed E-state index contributed by atoms with van der Waals surface area (Å²) >= 11 is 5.83. The quantitative estimate of drug-likeness (QED) is 0.851. The lowest BCUT2D eigenvalue weighted by molar-refractivity contribution is -0.175. The fourth-order valence-electron chi connectivity index (χ4n) is 2.42. The number of rotatable bonds is 6. The Morgan fingerprint density at radius 3 is 2.45 bits per heavy atom. The van der Waals surface area contributed by atoms with Crippen molar-refractivity contribution >= 4 is 11.6 Å². The maximum atomic E-state index is 14.0. The summed E-state index contributed by atoms with van der Waals surface area (Å²) in [7, 11) is 0. The minimum atomic E-state index is -3.28. The Labute approximate surface area is 132 Å². The molecule has 0 bridgehead atoms. The Kier molecular flexibility index (Phi) is 4.82. The van der Waals surface area contributed by atoms with Crippen LogP contribution in [0.4, 0.5) is 8.78 Å². The van der Waals surface area contributed by atoms with E-state index < -0.39 is 11.5 Å². The molecule has 2 atom stereocenters. The number of H-pyrrole nitrogens is 1. The number of nitrogens with zero attached hydrogens (tertiary/aromatic N) is 2. The van der Waals surface area contributed by atoms with Crippen LogP contribution in [-0.4, -0.2) is 31.8 Å². The Morgan fingerprint density at radius 2 is 1.95 bits per heavy atom. The van der Waals surface area contributed by atoms with Crippen molar-refractivity contribution in [2.45, 2.75) is 44.1 Å². The first kappa shape index (κ1) is 16.8. The smallest absolute Gasteiger partial charge is 0.273 e. The normalized spacial score (nSPS) is 16.3. The average Bonchev–Trinajstić information content (AvgIpc) is 2.90. The average molecular weight is 330 g/mol. The molecule has 0 radical (unpaired) electrons. The highest BCUT2D eigenvalue weighted by molar-refractivity contribution is 6.30. The zero-order valence-corrected chi connectivity index (χ0v) is 13.1. The summed E-state index contributed by atoms with van der Waals surface area (Å²) in [5, 5.41) is 17.3. The van der Waals surface area contributed by atoms with E-state index in [4.69, 9.17) is 11.6 Å². The maximum Gasteiger partial charge on any atom is 0.273 e. The zero-order chi connectivity index (χ0) is 16.4. The van der Waals surface area contributed by atoms with Gasteiger partial charge >= 0.3 is 0 Å². The van der Waals surface area contributed by atoms with Crippen molar-refractivity contribution in [3.05, 3.63) is 47.0 Å². The molecule has 0 amide bonds. The zero-order valence-electron chi connectivity index (χ0n) is 12.4. The van der Waals surface area contributed by atoms with Gasteiger partial charge in [0.25, 0.3) is 5.92 Å². The summed E-state index contributed by atoms with van der Waals surface area (Å²) in [6.07, 6.45) is 0.819. The number of aromatic nitrogens is 3. The molecule has 4 nitrogen and oxygen atoms in total. The standard InChI is InChI=1S/C15H18ClF2N3O/c1-10(11-3-5-12(16)6-4-11)7-15(22,14(2,17)18)8-13-19-9-20-21-13/h3-6,9-10,22H,7-8H2,1-2H3,(H,19,20,21). The van der Waals surface area contributed by atoms with E-state index in [-0.39, 0.29) is 24.6 Å². The van der Waals surface area contributed by atoms with Crippen LogP contribution < -0.4 is 0 Å². The molecular formula is C15H18ClF2N3O. The van der Waals surface area contributed by atoms with Gasteiger partial charge < -0.3 is 5.11 Å². The number of aliphatic hydroxyl groups is 1. The van der Waals surface area contributed by atoms with Crippen LogP contribution in [0, 0.1) is 0 Å². The Hall–Kier alpha value is -1.53. The molecule has 7 heteroatoms. The molecule has 2 rings (SSSR count). The van der Waals surface area contributed by atoms with Crippen LogP contribution in [0.2, 0.25) is 5.02 Å². The van der Waals surface area contributed by atoms with Crippen LogP contribution in [0.25, 0.3) is 0 Å². The highest BCUT2D eigenvalue weighted by Gasteiger charge is 2.49. The maximum absolute atomic E-state index is 14.0. The van der Waals surface area contributed by atoms with Crippen LogP contribution in [0.3, 0.4) is 0 Å². The Balaban J connectivity index is 2.21. The minimum Gasteiger partial charge on any atom is -0.383 e. The second kappa shape index (κ2) is 6.30. The second-order valence-electron chi connectivity index (χ2n) is 5.69. The van der Waals surface area contributed by atoms with E-state index in [1.54, 1.807) is 31.2 Å². The third kappa shape index (κ3) is 3.81. The van der Waals surface area contributed by atoms with E-state index in [0.29, 0.717) is 5.02 Å². The first-order chi connectivity index (χ1) is 10.2. The summed E-state index contributed by atoms with van der Waals surface area (Å²) in [6.45, 7) is 2.51. The van der Waals surface area contributed by atoms with Crippen molar-refractivity contribution in [2.75, 3.05) is 0 Å². The Morgan fingerprint density at radius 1 is 1.32 bits per heavy atom. The van der Waals surface area contributed by atoms with Crippen LogP contribution in [0.15, 0.2) is 30.6 Å². The van der Waals surface area contributed by atoms with Crippen LogP contribution in [-0.2, 0) is 6.42 Å². The van der Waals surface area contributed by atoms with Gasteiger partial charge in [-0.25, -0.2) is 13.8 Å². The second-order valence-corrected chi connectivity index (χ2v) is 6.12. The van der Waals surface area contributed by atoms with Crippen molar-refractivity contribution in [3.63, 3.8) is 0 Å². The Bertz CT molecular complexity index is 598. The van der Waals surface area contributed by atoms with Crippen LogP contribution in [0.1, 0.15) is 37.6 Å². The molecule has 0 fully saturated rings. The molecule has 0 spiro atoms. The molecular weight excluding hydrogens is 312 g/mol. The summed E-state index contributed by atoms with van der Waals surface area (Å²) in [5.41, 5.74) is -1.38. The summed E-state index contributed by atoms with van der Waals surface area (Å²) in [5.74, 6) is -3.32. The molecule has 120 valence electrons. The number of hydrogen-bond donors (Lipinski definition) is 2. The molecule has 0 aliphatic carbocycles. The predicted molar refractivity (Wildman–Crippen MR) is 80.1 cm³/mol. The fourth-order valence-corrected chi connectivity index (χ4v) is 2.54. The van der Waals surface area contributed by atoms with Gasteiger partial charge in [-0.1, -0.05) is 30.7 Å². The van der Waals surface area contributed by atoms with Gasteiger partial charge in [0, 0.05) is 18.4 Å². The highest BCUT2D eigenvalue weighted by atomic mass is 35.5. The molecule has 2 N–H and O–H groups in total. The van der Waals surface area contributed by atoms with E-state index in [1.807, 2.05) is 0 Å². The topological polar surface area (TPSA) is 61.8 Å². The number of aromatic amines is 1. The van der Waals surface area contributed by atoms with Gasteiger partial charge in [0.1, 0.15) is 17.8 Å². The van der Waals surface area contributed by atoms with E-state index in [9.17, 15) is 13.9 Å². The van der Waals surface area contributed by atoms with Crippen LogP contribution >= 0.6 is 11.6 Å². The molecule has 2 unspecified atom stereocenters. The fraction of sp³-hybridized carbons (Fsp3) is 0.467. The van der Waals surface area contributed by atoms with Crippen molar-refractivity contribution in [3.8, 4) is 0 Å². The van der Waals surface area contributed by atoms with Gasteiger partial charge in [-0.2, -0.15) is 5.10 Å². The highest BCUT2D eigenvalue weighted by Crippen LogP contribution is 2.38. The number of alkyl halides is 2. The largest absolute Gasteiger partial charge is 0.383 e. The number of hydrogen-bond acceptors (Lipinski definition) is 3. The summed E-state index contributed by atoms with van der Waals surface area (Å²) in [6, 6.07) is 6.95. The van der Waals surface area contributed by atoms with E-state index >= 15 is 0 Å². The molecule has 0 saturated heterocycles. The first-order valence-corrected chi connectivity index (χ1v) is 7.29. The van der Waals surface area contributed by atoms with Gasteiger partial charge in [0.2, 0.25) is 0 Å². The number of nitrogens with one attached hydrogen (secondary N) is 1. The van der Waals surface area contributed by atoms with Crippen molar-refractivity contribution in [1.29, 1.82) is 0 Å². The lowest BCUT2D eigenvalue weighted by atomic mass is 9.81. The lowest BCUT2D eigenvalue weighted by Gasteiger charge is -2.35. The van der Waals surface area contributed by atoms with Gasteiger partial charge in [-0.15, -0.1) is 0 Å². The third-order valence-corrected chi connectivity index (χ3v) is 4.08. The van der Waals surface area contributed by atoms with Crippen molar-refractivity contribution in [2.24, 2.45) is 0 Å². The van der Waals surface area contributed by atoms with E-state index in [0.717, 1.165) is 12.5 Å². The molecule has 0 aliphatic heterocycles. The lowest BCUT2D eigenvalue weighted by Crippen LogP contribution is -2.49. The van der Waals surface area contributed by atoms with Gasteiger partial charge in [0.05, 0.1) is 0 Å². The third-order valence-electron chi connectivity index (χ3n) is 3.82. The number of halogens is 3.